The van der Waals surface area contributed by atoms with Gasteiger partial charge >= 0.3 is 0 Å². The molecule has 0 spiro atoms. The molecule has 0 aliphatic carbocycles. The maximum atomic E-state index is 11.6. The number of aryl methyl sites for hydroxylation is 1. The fourth-order valence-electron chi connectivity index (χ4n) is 1.60. The van der Waals surface area contributed by atoms with Crippen LogP contribution in [0.4, 0.5) is 5.82 Å². The molecule has 0 atom stereocenters. The van der Waals surface area contributed by atoms with Crippen molar-refractivity contribution in [3.63, 3.8) is 0 Å². The number of amides is 1. The molecule has 112 valence electrons. The van der Waals surface area contributed by atoms with Gasteiger partial charge < -0.3 is 10.6 Å². The van der Waals surface area contributed by atoms with E-state index in [0.29, 0.717) is 18.9 Å². The van der Waals surface area contributed by atoms with Crippen molar-refractivity contribution in [3.8, 4) is 0 Å². The largest absolute Gasteiger partial charge is 0.369 e. The number of rotatable bonds is 8. The van der Waals surface area contributed by atoms with E-state index in [-0.39, 0.29) is 5.91 Å². The minimum atomic E-state index is 0.0631. The molecule has 0 aliphatic heterocycles. The summed E-state index contributed by atoms with van der Waals surface area (Å²) in [6.07, 6.45) is 2.30. The Balaban J connectivity index is 2.39. The van der Waals surface area contributed by atoms with Crippen LogP contribution < -0.4 is 10.6 Å². The molecule has 0 aliphatic rings. The van der Waals surface area contributed by atoms with Gasteiger partial charge in [-0.05, 0) is 28.3 Å². The molecule has 0 radical (unpaired) electrons. The van der Waals surface area contributed by atoms with Crippen LogP contribution >= 0.6 is 15.9 Å². The lowest BCUT2D eigenvalue weighted by Gasteiger charge is -2.09. The lowest BCUT2D eigenvalue weighted by atomic mass is 10.2. The topological polar surface area (TPSA) is 66.9 Å². The van der Waals surface area contributed by atoms with Crippen molar-refractivity contribution in [2.45, 2.75) is 40.0 Å². The van der Waals surface area contributed by atoms with Crippen molar-refractivity contribution in [1.82, 2.24) is 15.3 Å². The Labute approximate surface area is 129 Å². The molecule has 0 unspecified atom stereocenters. The van der Waals surface area contributed by atoms with Gasteiger partial charge in [0.2, 0.25) is 5.91 Å². The van der Waals surface area contributed by atoms with E-state index in [9.17, 15) is 4.79 Å². The monoisotopic (exact) mass is 342 g/mol. The first-order chi connectivity index (χ1) is 9.51. The lowest BCUT2D eigenvalue weighted by molar-refractivity contribution is -0.120. The van der Waals surface area contributed by atoms with Gasteiger partial charge in [-0.3, -0.25) is 4.79 Å². The summed E-state index contributed by atoms with van der Waals surface area (Å²) in [6, 6.07) is 1.82. The molecule has 1 aromatic heterocycles. The first kappa shape index (κ1) is 16.9. The normalized spacial score (nSPS) is 10.7. The number of anilines is 1. The van der Waals surface area contributed by atoms with E-state index in [4.69, 9.17) is 0 Å². The highest BCUT2D eigenvalue weighted by atomic mass is 79.9. The predicted molar refractivity (Wildman–Crippen MR) is 84.7 cm³/mol. The third-order valence-corrected chi connectivity index (χ3v) is 2.99. The Morgan fingerprint density at radius 1 is 1.40 bits per heavy atom. The van der Waals surface area contributed by atoms with Crippen LogP contribution in [0.1, 0.15) is 39.4 Å². The quantitative estimate of drug-likeness (QED) is 0.713. The fraction of sp³-hybridized carbons (Fsp3) is 0.643. The molecule has 0 fully saturated rings. The molecule has 1 amide bonds. The molecular formula is C14H23BrN4O. The Morgan fingerprint density at radius 2 is 2.15 bits per heavy atom. The highest BCUT2D eigenvalue weighted by Crippen LogP contribution is 2.13. The maximum absolute atomic E-state index is 11.6. The van der Waals surface area contributed by atoms with Crippen LogP contribution in [-0.4, -0.2) is 29.0 Å². The first-order valence-corrected chi connectivity index (χ1v) is 7.84. The molecule has 5 nitrogen and oxygen atoms in total. The van der Waals surface area contributed by atoms with E-state index in [1.165, 1.54) is 0 Å². The van der Waals surface area contributed by atoms with Gasteiger partial charge in [-0.2, -0.15) is 0 Å². The smallest absolute Gasteiger partial charge is 0.221 e. The second-order valence-electron chi connectivity index (χ2n) is 5.12. The molecule has 6 heteroatoms. The molecule has 0 saturated heterocycles. The summed E-state index contributed by atoms with van der Waals surface area (Å²) < 4.78 is 0.766. The average molecular weight is 343 g/mol. The summed E-state index contributed by atoms with van der Waals surface area (Å²) in [5, 5.41) is 6.05. The summed E-state index contributed by atoms with van der Waals surface area (Å²) in [5.41, 5.74) is 0. The van der Waals surface area contributed by atoms with Crippen LogP contribution in [-0.2, 0) is 11.2 Å². The third kappa shape index (κ3) is 6.84. The van der Waals surface area contributed by atoms with Gasteiger partial charge in [0.15, 0.2) is 0 Å². The van der Waals surface area contributed by atoms with Gasteiger partial charge in [0.25, 0.3) is 0 Å². The maximum Gasteiger partial charge on any atom is 0.221 e. The number of carbonyl (C=O) groups is 1. The van der Waals surface area contributed by atoms with Crippen molar-refractivity contribution in [2.75, 3.05) is 18.4 Å². The number of halogens is 1. The molecule has 20 heavy (non-hydrogen) atoms. The first-order valence-electron chi connectivity index (χ1n) is 7.05. The predicted octanol–water partition coefficient (Wildman–Crippen LogP) is 2.77. The van der Waals surface area contributed by atoms with E-state index in [2.05, 4.69) is 57.3 Å². The van der Waals surface area contributed by atoms with E-state index < -0.39 is 0 Å². The van der Waals surface area contributed by atoms with Crippen LogP contribution in [0.3, 0.4) is 0 Å². The summed E-state index contributed by atoms with van der Waals surface area (Å²) in [7, 11) is 0. The summed E-state index contributed by atoms with van der Waals surface area (Å²) in [4.78, 5) is 20.3. The summed E-state index contributed by atoms with van der Waals surface area (Å²) in [6.45, 7) is 7.53. The van der Waals surface area contributed by atoms with Crippen LogP contribution in [0, 0.1) is 5.92 Å². The zero-order valence-corrected chi connectivity index (χ0v) is 14.0. The number of carbonyl (C=O) groups excluding carboxylic acids is 1. The number of nitrogens with one attached hydrogen (secondary N) is 2. The molecule has 2 N–H and O–H groups in total. The van der Waals surface area contributed by atoms with Gasteiger partial charge in [0.1, 0.15) is 16.2 Å². The Kier molecular flexibility index (Phi) is 7.51. The van der Waals surface area contributed by atoms with Crippen LogP contribution in [0.2, 0.25) is 0 Å². The standard InChI is InChI=1S/C14H23BrN4O/c1-4-5-12-18-11(15)8-13(19-12)16-7-6-14(20)17-9-10(2)3/h8,10H,4-7,9H2,1-3H3,(H,17,20)(H,16,18,19). The van der Waals surface area contributed by atoms with Crippen LogP contribution in [0.5, 0.6) is 0 Å². The highest BCUT2D eigenvalue weighted by Gasteiger charge is 2.05. The molecule has 0 aromatic carbocycles. The van der Waals surface area contributed by atoms with Gasteiger partial charge in [0, 0.05) is 32.0 Å². The van der Waals surface area contributed by atoms with Crippen LogP contribution in [0.15, 0.2) is 10.7 Å². The summed E-state index contributed by atoms with van der Waals surface area (Å²) in [5.74, 6) is 2.11. The van der Waals surface area contributed by atoms with Crippen molar-refractivity contribution in [1.29, 1.82) is 0 Å². The Bertz CT molecular complexity index is 437. The highest BCUT2D eigenvalue weighted by molar-refractivity contribution is 9.10. The van der Waals surface area contributed by atoms with Crippen molar-refractivity contribution >= 4 is 27.7 Å². The third-order valence-electron chi connectivity index (χ3n) is 2.58. The van der Waals surface area contributed by atoms with E-state index in [1.807, 2.05) is 6.07 Å². The van der Waals surface area contributed by atoms with Crippen molar-refractivity contribution < 1.29 is 4.79 Å². The van der Waals surface area contributed by atoms with E-state index in [0.717, 1.165) is 35.6 Å². The number of hydrogen-bond donors (Lipinski definition) is 2. The minimum absolute atomic E-state index is 0.0631. The SMILES string of the molecule is CCCc1nc(Br)cc(NCCC(=O)NCC(C)C)n1. The second kappa shape index (κ2) is 8.89. The molecule has 1 heterocycles. The summed E-state index contributed by atoms with van der Waals surface area (Å²) >= 11 is 3.37. The fourth-order valence-corrected chi connectivity index (χ4v) is 2.02. The molecule has 0 saturated carbocycles. The zero-order valence-electron chi connectivity index (χ0n) is 12.4. The molecular weight excluding hydrogens is 320 g/mol. The Hall–Kier alpha value is -1.17. The van der Waals surface area contributed by atoms with Gasteiger partial charge in [-0.25, -0.2) is 9.97 Å². The van der Waals surface area contributed by atoms with Gasteiger partial charge in [0.05, 0.1) is 0 Å². The van der Waals surface area contributed by atoms with Crippen LogP contribution in [0.25, 0.3) is 0 Å². The van der Waals surface area contributed by atoms with Gasteiger partial charge in [-0.15, -0.1) is 0 Å². The molecule has 1 rings (SSSR count). The average Bonchev–Trinajstić information content (AvgIpc) is 2.36. The molecule has 0 bridgehead atoms. The van der Waals surface area contributed by atoms with Crippen molar-refractivity contribution in [3.05, 3.63) is 16.5 Å². The minimum Gasteiger partial charge on any atom is -0.369 e. The molecule has 1 aromatic rings. The van der Waals surface area contributed by atoms with E-state index >= 15 is 0 Å². The number of hydrogen-bond acceptors (Lipinski definition) is 4. The number of nitrogens with zero attached hydrogens (tertiary/aromatic N) is 2. The Morgan fingerprint density at radius 3 is 2.80 bits per heavy atom. The van der Waals surface area contributed by atoms with Gasteiger partial charge in [-0.1, -0.05) is 20.8 Å². The number of aromatic nitrogens is 2. The second-order valence-corrected chi connectivity index (χ2v) is 5.93. The van der Waals surface area contributed by atoms with E-state index in [1.54, 1.807) is 0 Å². The van der Waals surface area contributed by atoms with Crippen molar-refractivity contribution in [2.24, 2.45) is 5.92 Å². The lowest BCUT2D eigenvalue weighted by Crippen LogP contribution is -2.28. The zero-order chi connectivity index (χ0) is 15.0.